The van der Waals surface area contributed by atoms with E-state index in [1.54, 1.807) is 0 Å². The number of nitrogens with one attached hydrogen (secondary N) is 1. The highest BCUT2D eigenvalue weighted by Crippen LogP contribution is 2.38. The predicted octanol–water partition coefficient (Wildman–Crippen LogP) is 2.45. The van der Waals surface area contributed by atoms with Crippen LogP contribution in [0.25, 0.3) is 0 Å². The first kappa shape index (κ1) is 15.4. The molecule has 0 aromatic carbocycles. The molecule has 0 aromatic heterocycles. The fourth-order valence-corrected chi connectivity index (χ4v) is 4.39. The van der Waals surface area contributed by atoms with Crippen LogP contribution in [0, 0.1) is 5.92 Å². The lowest BCUT2D eigenvalue weighted by atomic mass is 9.74. The van der Waals surface area contributed by atoms with Gasteiger partial charge in [-0.1, -0.05) is 19.3 Å². The number of rotatable bonds is 4. The van der Waals surface area contributed by atoms with Crippen molar-refractivity contribution in [3.63, 3.8) is 0 Å². The summed E-state index contributed by atoms with van der Waals surface area (Å²) >= 11 is 0. The molecule has 2 saturated heterocycles. The van der Waals surface area contributed by atoms with Crippen molar-refractivity contribution >= 4 is 5.78 Å². The van der Waals surface area contributed by atoms with Crippen molar-refractivity contribution < 1.29 is 14.3 Å². The van der Waals surface area contributed by atoms with Crippen LogP contribution in [0.1, 0.15) is 57.8 Å². The lowest BCUT2D eigenvalue weighted by Gasteiger charge is -2.40. The minimum absolute atomic E-state index is 0.0625. The molecule has 3 fully saturated rings. The maximum atomic E-state index is 12.8. The fraction of sp³-hybridized carbons (Fsp3) is 0.941. The van der Waals surface area contributed by atoms with Crippen LogP contribution in [0.15, 0.2) is 0 Å². The number of hydrogen-bond acceptors (Lipinski definition) is 4. The largest absolute Gasteiger partial charge is 0.378 e. The van der Waals surface area contributed by atoms with Crippen molar-refractivity contribution in [2.24, 2.45) is 5.92 Å². The number of carbonyl (C=O) groups is 1. The van der Waals surface area contributed by atoms with Gasteiger partial charge in [0.05, 0.1) is 12.2 Å². The SMILES string of the molecule is CNC1(CC(=O)C2CCOC3(CCOC3)C2)CCCCC1. The van der Waals surface area contributed by atoms with Crippen LogP contribution in [0.3, 0.4) is 0 Å². The topological polar surface area (TPSA) is 47.6 Å². The summed E-state index contributed by atoms with van der Waals surface area (Å²) in [4.78, 5) is 12.8. The van der Waals surface area contributed by atoms with Crippen molar-refractivity contribution in [3.8, 4) is 0 Å². The van der Waals surface area contributed by atoms with Crippen molar-refractivity contribution in [2.75, 3.05) is 26.9 Å². The lowest BCUT2D eigenvalue weighted by Crippen LogP contribution is -2.49. The predicted molar refractivity (Wildman–Crippen MR) is 81.3 cm³/mol. The van der Waals surface area contributed by atoms with Crippen LogP contribution in [0.2, 0.25) is 0 Å². The quantitative estimate of drug-likeness (QED) is 0.865. The highest BCUT2D eigenvalue weighted by Gasteiger charge is 2.44. The van der Waals surface area contributed by atoms with Crippen LogP contribution >= 0.6 is 0 Å². The first-order chi connectivity index (χ1) is 10.2. The Morgan fingerprint density at radius 1 is 1.19 bits per heavy atom. The summed E-state index contributed by atoms with van der Waals surface area (Å²) in [5.74, 6) is 0.619. The van der Waals surface area contributed by atoms with Crippen LogP contribution in [-0.4, -0.2) is 43.8 Å². The average molecular weight is 295 g/mol. The molecule has 2 aliphatic heterocycles. The molecule has 2 heterocycles. The van der Waals surface area contributed by atoms with Crippen LogP contribution in [-0.2, 0) is 14.3 Å². The number of Topliss-reactive ketones (excluding diaryl/α,β-unsaturated/α-hetero) is 1. The summed E-state index contributed by atoms with van der Waals surface area (Å²) in [6.07, 6.45) is 9.51. The molecule has 4 heteroatoms. The highest BCUT2D eigenvalue weighted by atomic mass is 16.6. The Labute approximate surface area is 127 Å². The average Bonchev–Trinajstić information content (AvgIpc) is 2.96. The van der Waals surface area contributed by atoms with E-state index in [0.29, 0.717) is 25.4 Å². The van der Waals surface area contributed by atoms with Gasteiger partial charge in [-0.2, -0.15) is 0 Å². The van der Waals surface area contributed by atoms with E-state index in [4.69, 9.17) is 9.47 Å². The lowest BCUT2D eigenvalue weighted by molar-refractivity contribution is -0.138. The van der Waals surface area contributed by atoms with Gasteiger partial charge in [-0.05, 0) is 32.7 Å². The Bertz CT molecular complexity index is 370. The monoisotopic (exact) mass is 295 g/mol. The van der Waals surface area contributed by atoms with Gasteiger partial charge in [0.15, 0.2) is 0 Å². The number of hydrogen-bond donors (Lipinski definition) is 1. The van der Waals surface area contributed by atoms with Gasteiger partial charge < -0.3 is 14.8 Å². The molecule has 3 rings (SSSR count). The molecule has 1 saturated carbocycles. The molecule has 0 bridgehead atoms. The first-order valence-corrected chi connectivity index (χ1v) is 8.60. The molecule has 0 aromatic rings. The maximum Gasteiger partial charge on any atom is 0.138 e. The van der Waals surface area contributed by atoms with Gasteiger partial charge in [-0.25, -0.2) is 0 Å². The van der Waals surface area contributed by atoms with Gasteiger partial charge in [-0.3, -0.25) is 4.79 Å². The van der Waals surface area contributed by atoms with Crippen molar-refractivity contribution in [1.29, 1.82) is 0 Å². The summed E-state index contributed by atoms with van der Waals surface area (Å²) in [5.41, 5.74) is -0.0923. The van der Waals surface area contributed by atoms with Crippen LogP contribution in [0.5, 0.6) is 0 Å². The number of ketones is 1. The molecule has 1 aliphatic carbocycles. The molecular weight excluding hydrogens is 266 g/mol. The Morgan fingerprint density at radius 3 is 2.67 bits per heavy atom. The van der Waals surface area contributed by atoms with Crippen LogP contribution in [0.4, 0.5) is 0 Å². The Balaban J connectivity index is 1.61. The molecule has 4 nitrogen and oxygen atoms in total. The van der Waals surface area contributed by atoms with E-state index in [-0.39, 0.29) is 17.1 Å². The summed E-state index contributed by atoms with van der Waals surface area (Å²) in [6.45, 7) is 2.17. The van der Waals surface area contributed by atoms with E-state index >= 15 is 0 Å². The zero-order valence-electron chi connectivity index (χ0n) is 13.3. The van der Waals surface area contributed by atoms with Crippen molar-refractivity contribution in [3.05, 3.63) is 0 Å². The highest BCUT2D eigenvalue weighted by molar-refractivity contribution is 5.82. The number of ether oxygens (including phenoxy) is 2. The Kier molecular flexibility index (Phi) is 4.67. The zero-order chi connectivity index (χ0) is 14.8. The van der Waals surface area contributed by atoms with Gasteiger partial charge in [-0.15, -0.1) is 0 Å². The molecule has 1 N–H and O–H groups in total. The summed E-state index contributed by atoms with van der Waals surface area (Å²) in [6, 6.07) is 0. The van der Waals surface area contributed by atoms with E-state index in [2.05, 4.69) is 5.32 Å². The third-order valence-corrected chi connectivity index (χ3v) is 5.87. The second-order valence-corrected chi connectivity index (χ2v) is 7.26. The minimum atomic E-state index is -0.155. The molecule has 2 atom stereocenters. The van der Waals surface area contributed by atoms with E-state index in [1.807, 2.05) is 7.05 Å². The number of carbonyl (C=O) groups excluding carboxylic acids is 1. The first-order valence-electron chi connectivity index (χ1n) is 8.60. The van der Waals surface area contributed by atoms with E-state index in [1.165, 1.54) is 19.3 Å². The zero-order valence-corrected chi connectivity index (χ0v) is 13.3. The van der Waals surface area contributed by atoms with E-state index < -0.39 is 0 Å². The molecular formula is C17H29NO3. The third kappa shape index (κ3) is 3.33. The molecule has 0 radical (unpaired) electrons. The van der Waals surface area contributed by atoms with Crippen LogP contribution < -0.4 is 5.32 Å². The molecule has 0 amide bonds. The van der Waals surface area contributed by atoms with Gasteiger partial charge in [0.1, 0.15) is 5.78 Å². The standard InChI is InChI=1S/C17H29NO3/c1-18-16(6-3-2-4-7-16)12-15(19)14-5-9-21-17(11-14)8-10-20-13-17/h14,18H,2-13H2,1H3. The Morgan fingerprint density at radius 2 is 2.00 bits per heavy atom. The molecule has 2 unspecified atom stereocenters. The van der Waals surface area contributed by atoms with E-state index in [9.17, 15) is 4.79 Å². The summed E-state index contributed by atoms with van der Waals surface area (Å²) < 4.78 is 11.5. The third-order valence-electron chi connectivity index (χ3n) is 5.87. The molecule has 3 aliphatic rings. The van der Waals surface area contributed by atoms with Gasteiger partial charge in [0.2, 0.25) is 0 Å². The minimum Gasteiger partial charge on any atom is -0.378 e. The van der Waals surface area contributed by atoms with Crippen molar-refractivity contribution in [1.82, 2.24) is 5.32 Å². The van der Waals surface area contributed by atoms with Gasteiger partial charge in [0.25, 0.3) is 0 Å². The molecule has 21 heavy (non-hydrogen) atoms. The second kappa shape index (κ2) is 6.35. The normalized spacial score (nSPS) is 36.0. The fourth-order valence-electron chi connectivity index (χ4n) is 4.39. The maximum absolute atomic E-state index is 12.8. The van der Waals surface area contributed by atoms with E-state index in [0.717, 1.165) is 38.7 Å². The smallest absolute Gasteiger partial charge is 0.138 e. The second-order valence-electron chi connectivity index (χ2n) is 7.26. The van der Waals surface area contributed by atoms with Gasteiger partial charge >= 0.3 is 0 Å². The summed E-state index contributed by atoms with van der Waals surface area (Å²) in [5, 5.41) is 3.47. The van der Waals surface area contributed by atoms with Crippen molar-refractivity contribution in [2.45, 2.75) is 68.9 Å². The Hall–Kier alpha value is -0.450. The summed E-state index contributed by atoms with van der Waals surface area (Å²) in [7, 11) is 2.02. The molecule has 1 spiro atoms. The van der Waals surface area contributed by atoms with Gasteiger partial charge in [0, 0.05) is 37.5 Å². The molecule has 120 valence electrons.